The van der Waals surface area contributed by atoms with Crippen molar-refractivity contribution in [3.8, 4) is 28.6 Å². The van der Waals surface area contributed by atoms with Crippen molar-refractivity contribution in [1.82, 2.24) is 14.7 Å². The number of hydrogen-bond acceptors (Lipinski definition) is 5. The maximum Gasteiger partial charge on any atom is 0.222 e. The lowest BCUT2D eigenvalue weighted by molar-refractivity contribution is 0.0654. The number of rotatable bonds is 12. The zero-order chi connectivity index (χ0) is 25.3. The summed E-state index contributed by atoms with van der Waals surface area (Å²) >= 11 is 0. The molecule has 1 atom stereocenters. The molecule has 0 aliphatic heterocycles. The lowest BCUT2D eigenvalue weighted by atomic mass is 10.1. The van der Waals surface area contributed by atoms with E-state index in [1.54, 1.807) is 16.8 Å². The number of ether oxygens (including phenoxy) is 2. The summed E-state index contributed by atoms with van der Waals surface area (Å²) in [7, 11) is 1.83. The Morgan fingerprint density at radius 1 is 0.944 bits per heavy atom. The minimum Gasteiger partial charge on any atom is -0.491 e. The molecule has 3 aromatic carbocycles. The lowest BCUT2D eigenvalue weighted by Gasteiger charge is -2.25. The molecule has 0 unspecified atom stereocenters. The summed E-state index contributed by atoms with van der Waals surface area (Å²) in [4.78, 5) is 2.18. The average Bonchev–Trinajstić information content (AvgIpc) is 3.20. The number of aromatic nitrogens is 2. The van der Waals surface area contributed by atoms with Gasteiger partial charge in [0, 0.05) is 25.7 Å². The van der Waals surface area contributed by atoms with Gasteiger partial charge in [0.1, 0.15) is 35.7 Å². The highest BCUT2D eigenvalue weighted by Gasteiger charge is 2.23. The van der Waals surface area contributed by atoms with Crippen molar-refractivity contribution in [2.24, 2.45) is 7.05 Å². The second kappa shape index (κ2) is 12.3. The van der Waals surface area contributed by atoms with Gasteiger partial charge in [0.05, 0.1) is 5.56 Å². The van der Waals surface area contributed by atoms with Gasteiger partial charge in [0.15, 0.2) is 0 Å². The average molecular weight is 490 g/mol. The molecule has 0 amide bonds. The third kappa shape index (κ3) is 6.71. The molecule has 0 radical (unpaired) electrons. The number of nitrogens with zero attached hydrogens (tertiary/aromatic N) is 3. The van der Waals surface area contributed by atoms with Crippen LogP contribution in [0.3, 0.4) is 0 Å². The molecule has 0 aliphatic carbocycles. The number of benzene rings is 3. The Hall–Kier alpha value is -3.68. The molecule has 0 spiro atoms. The maximum atomic E-state index is 13.4. The predicted octanol–water partition coefficient (Wildman–Crippen LogP) is 5.67. The summed E-state index contributed by atoms with van der Waals surface area (Å²) < 4.78 is 27.1. The minimum atomic E-state index is -0.671. The Morgan fingerprint density at radius 3 is 2.28 bits per heavy atom. The van der Waals surface area contributed by atoms with E-state index in [9.17, 15) is 9.50 Å². The molecule has 0 aliphatic rings. The fourth-order valence-electron chi connectivity index (χ4n) is 4.10. The van der Waals surface area contributed by atoms with Crippen LogP contribution in [0.5, 0.6) is 17.4 Å². The van der Waals surface area contributed by atoms with Crippen molar-refractivity contribution in [3.05, 3.63) is 96.3 Å². The first-order valence-electron chi connectivity index (χ1n) is 12.2. The van der Waals surface area contributed by atoms with E-state index in [1.165, 1.54) is 12.1 Å². The van der Waals surface area contributed by atoms with Gasteiger partial charge in [-0.1, -0.05) is 55.5 Å². The summed E-state index contributed by atoms with van der Waals surface area (Å²) in [5, 5.41) is 15.5. The van der Waals surface area contributed by atoms with Crippen LogP contribution >= 0.6 is 0 Å². The molecule has 1 aromatic heterocycles. The normalized spacial score (nSPS) is 12.0. The fraction of sp³-hybridized carbons (Fsp3) is 0.276. The Bertz CT molecular complexity index is 1210. The van der Waals surface area contributed by atoms with Crippen LogP contribution in [0.4, 0.5) is 4.39 Å². The number of aryl methyl sites for hydroxylation is 1. The zero-order valence-electron chi connectivity index (χ0n) is 20.7. The van der Waals surface area contributed by atoms with Crippen LogP contribution in [-0.2, 0) is 13.6 Å². The zero-order valence-corrected chi connectivity index (χ0v) is 20.7. The van der Waals surface area contributed by atoms with Gasteiger partial charge >= 0.3 is 0 Å². The number of para-hydroxylation sites is 1. The van der Waals surface area contributed by atoms with Crippen molar-refractivity contribution in [1.29, 1.82) is 0 Å². The Labute approximate surface area is 211 Å². The van der Waals surface area contributed by atoms with Gasteiger partial charge in [-0.3, -0.25) is 4.90 Å². The third-order valence-corrected chi connectivity index (χ3v) is 5.74. The molecule has 1 heterocycles. The van der Waals surface area contributed by atoms with Gasteiger partial charge in [-0.15, -0.1) is 0 Å². The van der Waals surface area contributed by atoms with E-state index in [0.29, 0.717) is 24.7 Å². The second-order valence-electron chi connectivity index (χ2n) is 8.69. The summed E-state index contributed by atoms with van der Waals surface area (Å²) in [6, 6.07) is 25.4. The first kappa shape index (κ1) is 25.4. The summed E-state index contributed by atoms with van der Waals surface area (Å²) in [5.41, 5.74) is 2.69. The van der Waals surface area contributed by atoms with Crippen LogP contribution < -0.4 is 9.47 Å². The minimum absolute atomic E-state index is 0.196. The standard InChI is InChI=1S/C29H32FN3O3/c1-3-18-33(19-24(34)21-35-25-12-8-5-9-13-25)20-27-28(22-10-6-4-7-11-22)31-32(2)29(27)36-26-16-14-23(30)15-17-26/h4-17,24,34H,3,18-21H2,1-2H3/t24-/m1/s1. The molecule has 36 heavy (non-hydrogen) atoms. The summed E-state index contributed by atoms with van der Waals surface area (Å²) in [6.07, 6.45) is 0.247. The van der Waals surface area contributed by atoms with Crippen LogP contribution in [0.15, 0.2) is 84.9 Å². The molecule has 0 saturated heterocycles. The van der Waals surface area contributed by atoms with Gasteiger partial charge in [-0.05, 0) is 49.4 Å². The molecule has 4 rings (SSSR count). The van der Waals surface area contributed by atoms with Crippen molar-refractivity contribution < 1.29 is 19.0 Å². The van der Waals surface area contributed by atoms with Crippen molar-refractivity contribution >= 4 is 0 Å². The maximum absolute atomic E-state index is 13.4. The number of halogens is 1. The van der Waals surface area contributed by atoms with Crippen molar-refractivity contribution in [2.45, 2.75) is 26.0 Å². The van der Waals surface area contributed by atoms with Crippen molar-refractivity contribution in [3.63, 3.8) is 0 Å². The van der Waals surface area contributed by atoms with E-state index in [0.717, 1.165) is 35.5 Å². The SMILES string of the molecule is CCCN(Cc1c(-c2ccccc2)nn(C)c1Oc1ccc(F)cc1)C[C@@H](O)COc1ccccc1. The highest BCUT2D eigenvalue weighted by molar-refractivity contribution is 5.65. The largest absolute Gasteiger partial charge is 0.491 e. The summed E-state index contributed by atoms with van der Waals surface area (Å²) in [6.45, 7) is 4.03. The Balaban J connectivity index is 1.58. The highest BCUT2D eigenvalue weighted by atomic mass is 19.1. The lowest BCUT2D eigenvalue weighted by Crippen LogP contribution is -2.36. The monoisotopic (exact) mass is 489 g/mol. The third-order valence-electron chi connectivity index (χ3n) is 5.74. The molecular weight excluding hydrogens is 457 g/mol. The van der Waals surface area contributed by atoms with Crippen LogP contribution in [-0.4, -0.2) is 45.6 Å². The van der Waals surface area contributed by atoms with E-state index in [-0.39, 0.29) is 12.4 Å². The summed E-state index contributed by atoms with van der Waals surface area (Å²) in [5.74, 6) is 1.51. The van der Waals surface area contributed by atoms with Gasteiger partial charge in [0.25, 0.3) is 0 Å². The van der Waals surface area contributed by atoms with E-state index >= 15 is 0 Å². The molecule has 4 aromatic rings. The first-order chi connectivity index (χ1) is 17.5. The molecule has 0 saturated carbocycles. The Kier molecular flexibility index (Phi) is 8.71. The van der Waals surface area contributed by atoms with E-state index in [4.69, 9.17) is 14.6 Å². The van der Waals surface area contributed by atoms with E-state index in [1.807, 2.05) is 67.7 Å². The topological polar surface area (TPSA) is 59.8 Å². The fourth-order valence-corrected chi connectivity index (χ4v) is 4.10. The Morgan fingerprint density at radius 2 is 1.61 bits per heavy atom. The van der Waals surface area contributed by atoms with Crippen LogP contribution in [0.1, 0.15) is 18.9 Å². The van der Waals surface area contributed by atoms with Crippen LogP contribution in [0.2, 0.25) is 0 Å². The molecule has 7 heteroatoms. The number of aliphatic hydroxyl groups is 1. The van der Waals surface area contributed by atoms with Crippen LogP contribution in [0.25, 0.3) is 11.3 Å². The molecule has 0 bridgehead atoms. The van der Waals surface area contributed by atoms with Gasteiger partial charge in [0.2, 0.25) is 5.88 Å². The molecule has 188 valence electrons. The molecule has 0 fully saturated rings. The molecule has 1 N–H and O–H groups in total. The van der Waals surface area contributed by atoms with Crippen LogP contribution in [0, 0.1) is 5.82 Å². The van der Waals surface area contributed by atoms with E-state index < -0.39 is 6.10 Å². The van der Waals surface area contributed by atoms with Gasteiger partial charge in [-0.2, -0.15) is 5.10 Å². The highest BCUT2D eigenvalue weighted by Crippen LogP contribution is 2.34. The number of hydrogen-bond donors (Lipinski definition) is 1. The number of aliphatic hydroxyl groups excluding tert-OH is 1. The molecular formula is C29H32FN3O3. The smallest absolute Gasteiger partial charge is 0.222 e. The van der Waals surface area contributed by atoms with Crippen molar-refractivity contribution in [2.75, 3.05) is 19.7 Å². The van der Waals surface area contributed by atoms with Gasteiger partial charge in [-0.25, -0.2) is 9.07 Å². The van der Waals surface area contributed by atoms with Gasteiger partial charge < -0.3 is 14.6 Å². The second-order valence-corrected chi connectivity index (χ2v) is 8.69. The first-order valence-corrected chi connectivity index (χ1v) is 12.2. The quantitative estimate of drug-likeness (QED) is 0.278. The predicted molar refractivity (Wildman–Crippen MR) is 139 cm³/mol. The van der Waals surface area contributed by atoms with E-state index in [2.05, 4.69) is 11.8 Å². The molecule has 6 nitrogen and oxygen atoms in total.